The highest BCUT2D eigenvalue weighted by Gasteiger charge is 2.19. The second kappa shape index (κ2) is 6.74. The molecule has 1 atom stereocenters. The lowest BCUT2D eigenvalue weighted by molar-refractivity contribution is 0.0943. The van der Waals surface area contributed by atoms with E-state index in [1.54, 1.807) is 6.92 Å². The number of hydrogen-bond donors (Lipinski definition) is 1. The van der Waals surface area contributed by atoms with Crippen LogP contribution in [-0.2, 0) is 0 Å². The Labute approximate surface area is 132 Å². The number of hydrogen-bond acceptors (Lipinski definition) is 5. The van der Waals surface area contributed by atoms with Gasteiger partial charge in [0.2, 0.25) is 0 Å². The number of nitrogens with zero attached hydrogens (tertiary/aromatic N) is 1. The Morgan fingerprint density at radius 3 is 2.50 bits per heavy atom. The first-order chi connectivity index (χ1) is 10.5. The van der Waals surface area contributed by atoms with Crippen molar-refractivity contribution in [3.05, 3.63) is 39.6 Å². The fourth-order valence-corrected chi connectivity index (χ4v) is 2.69. The van der Waals surface area contributed by atoms with Crippen LogP contribution >= 0.6 is 11.3 Å². The Hall–Kier alpha value is -2.15. The van der Waals surface area contributed by atoms with Gasteiger partial charge in [0.15, 0.2) is 11.5 Å². The predicted molar refractivity (Wildman–Crippen MR) is 82.2 cm³/mol. The first kappa shape index (κ1) is 16.2. The minimum absolute atomic E-state index is 0.285. The number of benzene rings is 1. The number of rotatable bonds is 5. The molecule has 0 fully saturated rings. The van der Waals surface area contributed by atoms with Crippen molar-refractivity contribution in [2.75, 3.05) is 14.2 Å². The van der Waals surface area contributed by atoms with Gasteiger partial charge in [0, 0.05) is 11.6 Å². The monoisotopic (exact) mass is 324 g/mol. The molecule has 1 aromatic heterocycles. The summed E-state index contributed by atoms with van der Waals surface area (Å²) in [6.07, 6.45) is 1.51. The SMILES string of the molecule is COc1cc(F)c([C@H](C)NC(=O)c2cnc(C)s2)cc1OC. The smallest absolute Gasteiger partial charge is 0.263 e. The molecule has 0 saturated carbocycles. The van der Waals surface area contributed by atoms with Gasteiger partial charge in [-0.2, -0.15) is 0 Å². The topological polar surface area (TPSA) is 60.5 Å². The van der Waals surface area contributed by atoms with E-state index in [0.29, 0.717) is 21.9 Å². The molecule has 0 unspecified atom stereocenters. The zero-order chi connectivity index (χ0) is 16.3. The van der Waals surface area contributed by atoms with Crippen LogP contribution in [0.5, 0.6) is 11.5 Å². The quantitative estimate of drug-likeness (QED) is 0.918. The average Bonchev–Trinajstić information content (AvgIpc) is 2.93. The molecule has 1 amide bonds. The van der Waals surface area contributed by atoms with Crippen LogP contribution in [0.3, 0.4) is 0 Å². The highest BCUT2D eigenvalue weighted by molar-refractivity contribution is 7.13. The highest BCUT2D eigenvalue weighted by atomic mass is 32.1. The number of nitrogens with one attached hydrogen (secondary N) is 1. The van der Waals surface area contributed by atoms with Crippen LogP contribution in [-0.4, -0.2) is 25.1 Å². The van der Waals surface area contributed by atoms with E-state index in [-0.39, 0.29) is 5.91 Å². The lowest BCUT2D eigenvalue weighted by Gasteiger charge is -2.17. The molecule has 2 rings (SSSR count). The fraction of sp³-hybridized carbons (Fsp3) is 0.333. The normalized spacial score (nSPS) is 11.9. The number of carbonyl (C=O) groups is 1. The Morgan fingerprint density at radius 1 is 1.32 bits per heavy atom. The van der Waals surface area contributed by atoms with E-state index in [0.717, 1.165) is 5.01 Å². The summed E-state index contributed by atoms with van der Waals surface area (Å²) < 4.78 is 24.4. The first-order valence-electron chi connectivity index (χ1n) is 6.61. The molecule has 2 aromatic rings. The maximum absolute atomic E-state index is 14.2. The largest absolute Gasteiger partial charge is 0.493 e. The summed E-state index contributed by atoms with van der Waals surface area (Å²) in [6.45, 7) is 3.52. The molecule has 1 heterocycles. The second-order valence-corrected chi connectivity index (χ2v) is 5.90. The summed E-state index contributed by atoms with van der Waals surface area (Å²) in [7, 11) is 2.91. The predicted octanol–water partition coefficient (Wildman–Crippen LogP) is 3.10. The van der Waals surface area contributed by atoms with Gasteiger partial charge in [0.05, 0.1) is 31.5 Å². The molecule has 0 saturated heterocycles. The van der Waals surface area contributed by atoms with Crippen molar-refractivity contribution >= 4 is 17.2 Å². The van der Waals surface area contributed by atoms with E-state index in [4.69, 9.17) is 9.47 Å². The molecule has 0 aliphatic carbocycles. The standard InChI is InChI=1S/C15H17FN2O3S/c1-8(18-15(19)14-7-17-9(2)22-14)10-5-12(20-3)13(21-4)6-11(10)16/h5-8H,1-4H3,(H,18,19)/t8-/m0/s1. The maximum atomic E-state index is 14.2. The Bertz CT molecular complexity index is 687. The maximum Gasteiger partial charge on any atom is 0.263 e. The molecule has 0 spiro atoms. The molecule has 0 radical (unpaired) electrons. The first-order valence-corrected chi connectivity index (χ1v) is 7.42. The lowest BCUT2D eigenvalue weighted by Crippen LogP contribution is -2.26. The van der Waals surface area contributed by atoms with Crippen molar-refractivity contribution in [3.8, 4) is 11.5 Å². The van der Waals surface area contributed by atoms with Crippen LogP contribution in [0.4, 0.5) is 4.39 Å². The van der Waals surface area contributed by atoms with E-state index in [1.165, 1.54) is 43.9 Å². The number of aromatic nitrogens is 1. The highest BCUT2D eigenvalue weighted by Crippen LogP contribution is 2.32. The summed E-state index contributed by atoms with van der Waals surface area (Å²) in [6, 6.07) is 2.25. The minimum atomic E-state index is -0.519. The van der Waals surface area contributed by atoms with Gasteiger partial charge in [0.25, 0.3) is 5.91 Å². The lowest BCUT2D eigenvalue weighted by atomic mass is 10.1. The molecular weight excluding hydrogens is 307 g/mol. The van der Waals surface area contributed by atoms with Gasteiger partial charge in [-0.3, -0.25) is 4.79 Å². The van der Waals surface area contributed by atoms with Crippen molar-refractivity contribution in [1.29, 1.82) is 0 Å². The van der Waals surface area contributed by atoms with Crippen LogP contribution < -0.4 is 14.8 Å². The molecule has 0 bridgehead atoms. The van der Waals surface area contributed by atoms with Crippen LogP contribution in [0, 0.1) is 12.7 Å². The van der Waals surface area contributed by atoms with E-state index in [9.17, 15) is 9.18 Å². The fourth-order valence-electron chi connectivity index (χ4n) is 2.01. The van der Waals surface area contributed by atoms with Gasteiger partial charge in [-0.1, -0.05) is 0 Å². The molecule has 1 aromatic carbocycles. The van der Waals surface area contributed by atoms with E-state index in [2.05, 4.69) is 10.3 Å². The van der Waals surface area contributed by atoms with Crippen LogP contribution in [0.25, 0.3) is 0 Å². The molecule has 5 nitrogen and oxygen atoms in total. The molecule has 22 heavy (non-hydrogen) atoms. The Balaban J connectivity index is 2.22. The minimum Gasteiger partial charge on any atom is -0.493 e. The zero-order valence-electron chi connectivity index (χ0n) is 12.8. The summed E-state index contributed by atoms with van der Waals surface area (Å²) in [4.78, 5) is 16.6. The van der Waals surface area contributed by atoms with Crippen LogP contribution in [0.15, 0.2) is 18.3 Å². The summed E-state index contributed by atoms with van der Waals surface area (Å²) in [5.74, 6) is -0.0350. The number of thiazole rings is 1. The van der Waals surface area contributed by atoms with Crippen molar-refractivity contribution in [1.82, 2.24) is 10.3 Å². The summed E-state index contributed by atoms with van der Waals surface area (Å²) in [5, 5.41) is 3.55. The third kappa shape index (κ3) is 3.36. The van der Waals surface area contributed by atoms with E-state index < -0.39 is 11.9 Å². The van der Waals surface area contributed by atoms with Crippen molar-refractivity contribution in [3.63, 3.8) is 0 Å². The Morgan fingerprint density at radius 2 is 1.95 bits per heavy atom. The second-order valence-electron chi connectivity index (χ2n) is 4.67. The van der Waals surface area contributed by atoms with Gasteiger partial charge < -0.3 is 14.8 Å². The number of ether oxygens (including phenoxy) is 2. The molecule has 0 aliphatic rings. The van der Waals surface area contributed by atoms with Gasteiger partial charge in [-0.25, -0.2) is 9.37 Å². The van der Waals surface area contributed by atoms with Crippen molar-refractivity contribution in [2.24, 2.45) is 0 Å². The number of halogens is 1. The third-order valence-electron chi connectivity index (χ3n) is 3.16. The summed E-state index contributed by atoms with van der Waals surface area (Å²) >= 11 is 1.29. The number of amides is 1. The van der Waals surface area contributed by atoms with Gasteiger partial charge in [-0.15, -0.1) is 11.3 Å². The molecule has 0 aliphatic heterocycles. The average molecular weight is 324 g/mol. The van der Waals surface area contributed by atoms with Gasteiger partial charge >= 0.3 is 0 Å². The third-order valence-corrected chi connectivity index (χ3v) is 4.07. The number of methoxy groups -OCH3 is 2. The van der Waals surface area contributed by atoms with Crippen molar-refractivity contribution in [2.45, 2.75) is 19.9 Å². The molecular formula is C15H17FN2O3S. The number of aryl methyl sites for hydroxylation is 1. The van der Waals surface area contributed by atoms with Gasteiger partial charge in [0.1, 0.15) is 10.7 Å². The summed E-state index contributed by atoms with van der Waals surface area (Å²) in [5.41, 5.74) is 0.326. The van der Waals surface area contributed by atoms with Crippen LogP contribution in [0.2, 0.25) is 0 Å². The van der Waals surface area contributed by atoms with E-state index in [1.807, 2.05) is 6.92 Å². The molecule has 1 N–H and O–H groups in total. The molecule has 118 valence electrons. The van der Waals surface area contributed by atoms with Crippen molar-refractivity contribution < 1.29 is 18.7 Å². The Kier molecular flexibility index (Phi) is 4.97. The van der Waals surface area contributed by atoms with Gasteiger partial charge in [-0.05, 0) is 19.9 Å². The van der Waals surface area contributed by atoms with E-state index >= 15 is 0 Å². The number of carbonyl (C=O) groups excluding carboxylic acids is 1. The zero-order valence-corrected chi connectivity index (χ0v) is 13.6. The van der Waals surface area contributed by atoms with Crippen LogP contribution in [0.1, 0.15) is 33.2 Å². The molecule has 7 heteroatoms.